The molecule has 0 bridgehead atoms. The monoisotopic (exact) mass is 305 g/mol. The number of nitrogens with one attached hydrogen (secondary N) is 2. The van der Waals surface area contributed by atoms with Crippen LogP contribution in [0.3, 0.4) is 0 Å². The predicted octanol–water partition coefficient (Wildman–Crippen LogP) is 3.45. The first-order valence-corrected chi connectivity index (χ1v) is 7.15. The Labute approximate surface area is 133 Å². The molecule has 0 fully saturated rings. The van der Waals surface area contributed by atoms with Crippen molar-refractivity contribution in [3.8, 4) is 0 Å². The molecule has 1 aromatic heterocycles. The van der Waals surface area contributed by atoms with E-state index >= 15 is 0 Å². The van der Waals surface area contributed by atoms with E-state index in [4.69, 9.17) is 0 Å². The minimum atomic E-state index is -0.255. The van der Waals surface area contributed by atoms with Gasteiger partial charge in [0.25, 0.3) is 5.91 Å². The Morgan fingerprint density at radius 3 is 2.57 bits per heavy atom. The quantitative estimate of drug-likeness (QED) is 0.778. The highest BCUT2D eigenvalue weighted by Gasteiger charge is 2.08. The van der Waals surface area contributed by atoms with E-state index in [1.165, 1.54) is 6.92 Å². The summed E-state index contributed by atoms with van der Waals surface area (Å²) in [7, 11) is 0. The van der Waals surface area contributed by atoms with E-state index in [-0.39, 0.29) is 11.8 Å². The average Bonchev–Trinajstić information content (AvgIpc) is 2.54. The van der Waals surface area contributed by atoms with Gasteiger partial charge in [0.2, 0.25) is 5.91 Å². The lowest BCUT2D eigenvalue weighted by molar-refractivity contribution is -0.114. The summed E-state index contributed by atoms with van der Waals surface area (Å²) in [6.45, 7) is 1.42. The van der Waals surface area contributed by atoms with Gasteiger partial charge in [-0.1, -0.05) is 24.3 Å². The van der Waals surface area contributed by atoms with Gasteiger partial charge in [-0.15, -0.1) is 0 Å². The second kappa shape index (κ2) is 6.27. The van der Waals surface area contributed by atoms with Crippen molar-refractivity contribution in [1.82, 2.24) is 4.98 Å². The normalized spacial score (nSPS) is 10.3. The number of hydrogen-bond donors (Lipinski definition) is 2. The van der Waals surface area contributed by atoms with Gasteiger partial charge in [-0.05, 0) is 30.3 Å². The highest BCUT2D eigenvalue weighted by Crippen LogP contribution is 2.17. The van der Waals surface area contributed by atoms with E-state index in [2.05, 4.69) is 15.6 Å². The molecule has 23 heavy (non-hydrogen) atoms. The molecule has 1 heterocycles. The number of anilines is 2. The van der Waals surface area contributed by atoms with Crippen molar-refractivity contribution >= 4 is 34.1 Å². The number of fused-ring (bicyclic) bond motifs is 1. The van der Waals surface area contributed by atoms with E-state index < -0.39 is 0 Å². The van der Waals surface area contributed by atoms with E-state index in [0.717, 1.165) is 10.9 Å². The zero-order valence-corrected chi connectivity index (χ0v) is 12.5. The van der Waals surface area contributed by atoms with Gasteiger partial charge in [0.1, 0.15) is 0 Å². The lowest BCUT2D eigenvalue weighted by Gasteiger charge is -2.08. The molecule has 0 unspecified atom stereocenters. The summed E-state index contributed by atoms with van der Waals surface area (Å²) in [4.78, 5) is 27.7. The standard InChI is InChI=1S/C18H15N3O2/c1-12(22)20-15-7-4-6-14(10-15)18(23)21-16-9-13-5-2-3-8-17(13)19-11-16/h2-11H,1H3,(H,20,22)(H,21,23). The molecule has 2 aromatic carbocycles. The molecule has 5 heteroatoms. The molecule has 5 nitrogen and oxygen atoms in total. The summed E-state index contributed by atoms with van der Waals surface area (Å²) in [6, 6.07) is 16.3. The van der Waals surface area contributed by atoms with Crippen molar-refractivity contribution < 1.29 is 9.59 Å². The Bertz CT molecular complexity index is 890. The first-order valence-electron chi connectivity index (χ1n) is 7.15. The molecule has 114 valence electrons. The molecule has 2 amide bonds. The summed E-state index contributed by atoms with van der Waals surface area (Å²) in [6.07, 6.45) is 1.62. The minimum absolute atomic E-state index is 0.179. The Kier molecular flexibility index (Phi) is 4.01. The maximum Gasteiger partial charge on any atom is 0.255 e. The fourth-order valence-corrected chi connectivity index (χ4v) is 2.28. The number of pyridine rings is 1. The second-order valence-electron chi connectivity index (χ2n) is 5.13. The van der Waals surface area contributed by atoms with E-state index in [1.54, 1.807) is 30.5 Å². The third kappa shape index (κ3) is 3.52. The number of nitrogens with zero attached hydrogens (tertiary/aromatic N) is 1. The third-order valence-corrected chi connectivity index (χ3v) is 3.29. The van der Waals surface area contributed by atoms with Gasteiger partial charge in [0.05, 0.1) is 17.4 Å². The van der Waals surface area contributed by atoms with Gasteiger partial charge in [-0.3, -0.25) is 14.6 Å². The molecule has 0 saturated carbocycles. The van der Waals surface area contributed by atoms with Crippen LogP contribution in [0, 0.1) is 0 Å². The Morgan fingerprint density at radius 2 is 1.74 bits per heavy atom. The van der Waals surface area contributed by atoms with Crippen LogP contribution in [-0.4, -0.2) is 16.8 Å². The van der Waals surface area contributed by atoms with Crippen molar-refractivity contribution in [2.24, 2.45) is 0 Å². The van der Waals surface area contributed by atoms with Crippen LogP contribution in [0.15, 0.2) is 60.8 Å². The zero-order valence-electron chi connectivity index (χ0n) is 12.5. The maximum atomic E-state index is 12.3. The summed E-state index contributed by atoms with van der Waals surface area (Å²) >= 11 is 0. The first-order chi connectivity index (χ1) is 11.1. The van der Waals surface area contributed by atoms with Crippen LogP contribution in [0.5, 0.6) is 0 Å². The van der Waals surface area contributed by atoms with Crippen LogP contribution in [0.4, 0.5) is 11.4 Å². The molecule has 3 aromatic rings. The smallest absolute Gasteiger partial charge is 0.255 e. The van der Waals surface area contributed by atoms with Crippen molar-refractivity contribution in [2.75, 3.05) is 10.6 Å². The van der Waals surface area contributed by atoms with Crippen molar-refractivity contribution in [3.63, 3.8) is 0 Å². The van der Waals surface area contributed by atoms with Crippen LogP contribution >= 0.6 is 0 Å². The molecule has 0 saturated heterocycles. The molecular weight excluding hydrogens is 290 g/mol. The fourth-order valence-electron chi connectivity index (χ4n) is 2.28. The number of hydrogen-bond acceptors (Lipinski definition) is 3. The zero-order chi connectivity index (χ0) is 16.2. The molecule has 0 aliphatic rings. The molecule has 0 atom stereocenters. The van der Waals surface area contributed by atoms with Gasteiger partial charge in [0, 0.05) is 23.6 Å². The number of para-hydroxylation sites is 1. The molecule has 2 N–H and O–H groups in total. The predicted molar refractivity (Wildman–Crippen MR) is 90.4 cm³/mol. The number of rotatable bonds is 3. The van der Waals surface area contributed by atoms with Gasteiger partial charge < -0.3 is 10.6 Å². The number of carbonyl (C=O) groups excluding carboxylic acids is 2. The van der Waals surface area contributed by atoms with E-state index in [9.17, 15) is 9.59 Å². The molecule has 3 rings (SSSR count). The summed E-state index contributed by atoms with van der Waals surface area (Å²) < 4.78 is 0. The van der Waals surface area contributed by atoms with Gasteiger partial charge >= 0.3 is 0 Å². The molecular formula is C18H15N3O2. The van der Waals surface area contributed by atoms with E-state index in [0.29, 0.717) is 16.9 Å². The van der Waals surface area contributed by atoms with Crippen molar-refractivity contribution in [3.05, 3.63) is 66.4 Å². The van der Waals surface area contributed by atoms with Gasteiger partial charge in [-0.25, -0.2) is 0 Å². The largest absolute Gasteiger partial charge is 0.326 e. The van der Waals surface area contributed by atoms with Crippen molar-refractivity contribution in [2.45, 2.75) is 6.92 Å². The van der Waals surface area contributed by atoms with Crippen molar-refractivity contribution in [1.29, 1.82) is 0 Å². The Balaban J connectivity index is 1.81. The number of aromatic nitrogens is 1. The number of carbonyl (C=O) groups is 2. The van der Waals surface area contributed by atoms with Crippen LogP contribution in [0.1, 0.15) is 17.3 Å². The van der Waals surface area contributed by atoms with Crippen LogP contribution in [0.2, 0.25) is 0 Å². The van der Waals surface area contributed by atoms with Gasteiger partial charge in [-0.2, -0.15) is 0 Å². The first kappa shape index (κ1) is 14.7. The number of benzene rings is 2. The van der Waals surface area contributed by atoms with Crippen LogP contribution in [0.25, 0.3) is 10.9 Å². The minimum Gasteiger partial charge on any atom is -0.326 e. The Morgan fingerprint density at radius 1 is 0.913 bits per heavy atom. The molecule has 0 radical (unpaired) electrons. The molecule has 0 spiro atoms. The maximum absolute atomic E-state index is 12.3. The lowest BCUT2D eigenvalue weighted by atomic mass is 10.1. The highest BCUT2D eigenvalue weighted by molar-refractivity contribution is 6.05. The van der Waals surface area contributed by atoms with E-state index in [1.807, 2.05) is 30.3 Å². The highest BCUT2D eigenvalue weighted by atomic mass is 16.2. The molecule has 0 aliphatic carbocycles. The van der Waals surface area contributed by atoms with Crippen LogP contribution in [-0.2, 0) is 4.79 Å². The second-order valence-corrected chi connectivity index (χ2v) is 5.13. The summed E-state index contributed by atoms with van der Waals surface area (Å²) in [5.41, 5.74) is 2.54. The third-order valence-electron chi connectivity index (χ3n) is 3.29. The SMILES string of the molecule is CC(=O)Nc1cccc(C(=O)Nc2cnc3ccccc3c2)c1. The number of amides is 2. The van der Waals surface area contributed by atoms with Crippen LogP contribution < -0.4 is 10.6 Å². The lowest BCUT2D eigenvalue weighted by Crippen LogP contribution is -2.13. The summed E-state index contributed by atoms with van der Waals surface area (Å²) in [5.74, 6) is -0.435. The fraction of sp³-hybridized carbons (Fsp3) is 0.0556. The average molecular weight is 305 g/mol. The molecule has 0 aliphatic heterocycles. The summed E-state index contributed by atoms with van der Waals surface area (Å²) in [5, 5.41) is 6.43. The van der Waals surface area contributed by atoms with Gasteiger partial charge in [0.15, 0.2) is 0 Å². The topological polar surface area (TPSA) is 71.1 Å². The Hall–Kier alpha value is -3.21.